The predicted molar refractivity (Wildman–Crippen MR) is 114 cm³/mol. The maximum absolute atomic E-state index is 15.8. The molecular formula is C24H36F2N2O. The molecule has 0 bridgehead atoms. The van der Waals surface area contributed by atoms with Crippen molar-refractivity contribution < 1.29 is 13.6 Å². The molecule has 1 aromatic carbocycles. The molecule has 1 aliphatic carbocycles. The SMILES string of the molecule is CC(C)(C)CCN1CCC(F)(CN(C(=O)C2CCCC2)c2ccc(F)cc2)CC1. The smallest absolute Gasteiger partial charge is 0.230 e. The zero-order chi connectivity index (χ0) is 21.1. The van der Waals surface area contributed by atoms with Gasteiger partial charge >= 0.3 is 0 Å². The van der Waals surface area contributed by atoms with Gasteiger partial charge in [0.25, 0.3) is 0 Å². The number of halogens is 2. The minimum atomic E-state index is -1.39. The Balaban J connectivity index is 1.67. The first-order valence-corrected chi connectivity index (χ1v) is 11.1. The molecule has 3 nitrogen and oxygen atoms in total. The molecule has 29 heavy (non-hydrogen) atoms. The lowest BCUT2D eigenvalue weighted by Crippen LogP contribution is -2.51. The Kier molecular flexibility index (Phi) is 6.98. The molecule has 0 N–H and O–H groups in total. The minimum absolute atomic E-state index is 0.00120. The predicted octanol–water partition coefficient (Wildman–Crippen LogP) is 5.59. The van der Waals surface area contributed by atoms with E-state index in [2.05, 4.69) is 25.7 Å². The van der Waals surface area contributed by atoms with Gasteiger partial charge in [0.1, 0.15) is 11.5 Å². The summed E-state index contributed by atoms with van der Waals surface area (Å²) in [5, 5.41) is 0. The van der Waals surface area contributed by atoms with E-state index >= 15 is 4.39 Å². The fraction of sp³-hybridized carbons (Fsp3) is 0.708. The van der Waals surface area contributed by atoms with Crippen LogP contribution in [0.3, 0.4) is 0 Å². The lowest BCUT2D eigenvalue weighted by Gasteiger charge is -2.40. The summed E-state index contributed by atoms with van der Waals surface area (Å²) in [4.78, 5) is 17.1. The molecule has 1 aliphatic heterocycles. The van der Waals surface area contributed by atoms with Crippen molar-refractivity contribution >= 4 is 11.6 Å². The number of carbonyl (C=O) groups is 1. The molecule has 0 atom stereocenters. The van der Waals surface area contributed by atoms with E-state index in [1.165, 1.54) is 12.1 Å². The topological polar surface area (TPSA) is 23.6 Å². The van der Waals surface area contributed by atoms with Crippen LogP contribution in [-0.4, -0.2) is 42.7 Å². The summed E-state index contributed by atoms with van der Waals surface area (Å²) in [6, 6.07) is 5.91. The first-order chi connectivity index (χ1) is 13.7. The molecule has 5 heteroatoms. The van der Waals surface area contributed by atoms with Gasteiger partial charge < -0.3 is 9.80 Å². The van der Waals surface area contributed by atoms with Crippen LogP contribution in [0.25, 0.3) is 0 Å². The highest BCUT2D eigenvalue weighted by Gasteiger charge is 2.39. The van der Waals surface area contributed by atoms with Crippen molar-refractivity contribution in [3.8, 4) is 0 Å². The second-order valence-corrected chi connectivity index (χ2v) is 10.2. The summed E-state index contributed by atoms with van der Waals surface area (Å²) < 4.78 is 29.2. The van der Waals surface area contributed by atoms with Crippen molar-refractivity contribution in [2.75, 3.05) is 31.1 Å². The normalized spacial score (nSPS) is 20.7. The molecule has 1 amide bonds. The van der Waals surface area contributed by atoms with Gasteiger partial charge in [-0.05, 0) is 68.3 Å². The van der Waals surface area contributed by atoms with Gasteiger partial charge in [0.15, 0.2) is 0 Å². The number of anilines is 1. The molecular weight excluding hydrogens is 370 g/mol. The summed E-state index contributed by atoms with van der Waals surface area (Å²) in [6.07, 6.45) is 5.81. The van der Waals surface area contributed by atoms with Gasteiger partial charge in [-0.3, -0.25) is 4.79 Å². The van der Waals surface area contributed by atoms with Gasteiger partial charge in [-0.25, -0.2) is 8.78 Å². The molecule has 0 aromatic heterocycles. The van der Waals surface area contributed by atoms with Crippen molar-refractivity contribution in [3.63, 3.8) is 0 Å². The quantitative estimate of drug-likeness (QED) is 0.615. The summed E-state index contributed by atoms with van der Waals surface area (Å²) in [7, 11) is 0. The molecule has 0 radical (unpaired) electrons. The van der Waals surface area contributed by atoms with E-state index in [9.17, 15) is 9.18 Å². The lowest BCUT2D eigenvalue weighted by molar-refractivity contribution is -0.122. The molecule has 2 fully saturated rings. The zero-order valence-corrected chi connectivity index (χ0v) is 18.2. The van der Waals surface area contributed by atoms with E-state index in [0.717, 1.165) is 51.7 Å². The minimum Gasteiger partial charge on any atom is -0.309 e. The van der Waals surface area contributed by atoms with Crippen LogP contribution in [0.15, 0.2) is 24.3 Å². The van der Waals surface area contributed by atoms with Crippen LogP contribution >= 0.6 is 0 Å². The van der Waals surface area contributed by atoms with Crippen molar-refractivity contribution in [2.45, 2.75) is 71.4 Å². The Morgan fingerprint density at radius 1 is 1.14 bits per heavy atom. The summed E-state index contributed by atoms with van der Waals surface area (Å²) >= 11 is 0. The van der Waals surface area contributed by atoms with Crippen LogP contribution in [0.1, 0.15) is 65.7 Å². The first kappa shape index (κ1) is 22.2. The Morgan fingerprint density at radius 3 is 2.28 bits per heavy atom. The van der Waals surface area contributed by atoms with Gasteiger partial charge in [-0.1, -0.05) is 33.6 Å². The van der Waals surface area contributed by atoms with Crippen molar-refractivity contribution in [1.29, 1.82) is 0 Å². The number of alkyl halides is 1. The van der Waals surface area contributed by atoms with Gasteiger partial charge in [0.2, 0.25) is 5.91 Å². The Bertz CT molecular complexity index is 669. The zero-order valence-electron chi connectivity index (χ0n) is 18.2. The number of amides is 1. The number of nitrogens with zero attached hydrogens (tertiary/aromatic N) is 2. The van der Waals surface area contributed by atoms with Crippen molar-refractivity contribution in [2.24, 2.45) is 11.3 Å². The highest BCUT2D eigenvalue weighted by molar-refractivity contribution is 5.95. The second-order valence-electron chi connectivity index (χ2n) is 10.2. The Labute approximate surface area is 174 Å². The van der Waals surface area contributed by atoms with E-state index in [4.69, 9.17) is 0 Å². The highest BCUT2D eigenvalue weighted by Crippen LogP contribution is 2.34. The van der Waals surface area contributed by atoms with Gasteiger partial charge in [-0.15, -0.1) is 0 Å². The standard InChI is InChI=1S/C24H36F2N2O/c1-23(2,3)12-15-27-16-13-24(26,14-17-27)18-28(21-10-8-20(25)9-11-21)22(29)19-6-4-5-7-19/h8-11,19H,4-7,12-18H2,1-3H3. The third-order valence-electron chi connectivity index (χ3n) is 6.48. The average molecular weight is 407 g/mol. The number of likely N-dealkylation sites (tertiary alicyclic amines) is 1. The monoisotopic (exact) mass is 406 g/mol. The largest absolute Gasteiger partial charge is 0.309 e. The number of piperidine rings is 1. The van der Waals surface area contributed by atoms with E-state index in [1.54, 1.807) is 17.0 Å². The van der Waals surface area contributed by atoms with Crippen LogP contribution < -0.4 is 4.90 Å². The molecule has 162 valence electrons. The van der Waals surface area contributed by atoms with Crippen LogP contribution in [0.4, 0.5) is 14.5 Å². The first-order valence-electron chi connectivity index (χ1n) is 11.1. The number of benzene rings is 1. The lowest BCUT2D eigenvalue weighted by atomic mass is 9.89. The number of hydrogen-bond donors (Lipinski definition) is 0. The molecule has 0 spiro atoms. The number of hydrogen-bond acceptors (Lipinski definition) is 2. The van der Waals surface area contributed by atoms with Gasteiger partial charge in [-0.2, -0.15) is 0 Å². The fourth-order valence-electron chi connectivity index (χ4n) is 4.42. The Hall–Kier alpha value is -1.49. The van der Waals surface area contributed by atoms with E-state index in [0.29, 0.717) is 18.5 Å². The fourth-order valence-corrected chi connectivity index (χ4v) is 4.42. The summed E-state index contributed by atoms with van der Waals surface area (Å²) in [5.74, 6) is -0.374. The molecule has 1 heterocycles. The van der Waals surface area contributed by atoms with Crippen molar-refractivity contribution in [1.82, 2.24) is 4.90 Å². The van der Waals surface area contributed by atoms with Gasteiger partial charge in [0.05, 0.1) is 6.54 Å². The number of rotatable bonds is 6. The number of carbonyl (C=O) groups excluding carboxylic acids is 1. The third-order valence-corrected chi connectivity index (χ3v) is 6.48. The van der Waals surface area contributed by atoms with Crippen molar-refractivity contribution in [3.05, 3.63) is 30.1 Å². The maximum atomic E-state index is 15.8. The van der Waals surface area contributed by atoms with Crippen LogP contribution in [0.5, 0.6) is 0 Å². The Morgan fingerprint density at radius 2 is 1.72 bits per heavy atom. The van der Waals surface area contributed by atoms with Gasteiger partial charge in [0, 0.05) is 24.7 Å². The summed E-state index contributed by atoms with van der Waals surface area (Å²) in [6.45, 7) is 9.19. The summed E-state index contributed by atoms with van der Waals surface area (Å²) in [5.41, 5.74) is -0.506. The molecule has 1 saturated carbocycles. The molecule has 2 aliphatic rings. The van der Waals surface area contributed by atoms with Crippen LogP contribution in [-0.2, 0) is 4.79 Å². The van der Waals surface area contributed by atoms with E-state index in [1.807, 2.05) is 0 Å². The molecule has 0 unspecified atom stereocenters. The third kappa shape index (κ3) is 6.24. The maximum Gasteiger partial charge on any atom is 0.230 e. The van der Waals surface area contributed by atoms with Crippen LogP contribution in [0.2, 0.25) is 0 Å². The second kappa shape index (κ2) is 9.11. The molecule has 1 saturated heterocycles. The van der Waals surface area contributed by atoms with E-state index < -0.39 is 5.67 Å². The van der Waals surface area contributed by atoms with Crippen LogP contribution in [0, 0.1) is 17.2 Å². The molecule has 1 aromatic rings. The highest BCUT2D eigenvalue weighted by atomic mass is 19.1. The average Bonchev–Trinajstić information content (AvgIpc) is 3.20. The molecule has 3 rings (SSSR count). The van der Waals surface area contributed by atoms with E-state index in [-0.39, 0.29) is 29.6 Å².